The van der Waals surface area contributed by atoms with Crippen LogP contribution in [0.25, 0.3) is 0 Å². The van der Waals surface area contributed by atoms with E-state index in [0.29, 0.717) is 5.41 Å². The lowest BCUT2D eigenvalue weighted by Crippen LogP contribution is -2.20. The highest BCUT2D eigenvalue weighted by atomic mass is 14.7. The Kier molecular flexibility index (Phi) is 2.81. The molecule has 1 nitrogen and oxygen atoms in total. The van der Waals surface area contributed by atoms with E-state index in [4.69, 9.17) is 0 Å². The molecule has 15 heavy (non-hydrogen) atoms. The van der Waals surface area contributed by atoms with Gasteiger partial charge in [0.1, 0.15) is 0 Å². The normalized spacial score (nSPS) is 21.1. The fourth-order valence-electron chi connectivity index (χ4n) is 2.66. The topological polar surface area (TPSA) is 12.9 Å². The first kappa shape index (κ1) is 10.7. The number of hydrogen-bond acceptors (Lipinski definition) is 1. The molecule has 0 fully saturated rings. The Hall–Kier alpha value is -0.850. The van der Waals surface area contributed by atoms with Gasteiger partial charge in [-0.15, -0.1) is 0 Å². The molecular formula is C14H21N. The quantitative estimate of drug-likeness (QED) is 0.679. The van der Waals surface area contributed by atoms with Crippen LogP contribution in [0.3, 0.4) is 0 Å². The van der Waals surface area contributed by atoms with E-state index >= 15 is 0 Å². The van der Waals surface area contributed by atoms with Crippen molar-refractivity contribution < 1.29 is 0 Å². The van der Waals surface area contributed by atoms with E-state index < -0.39 is 0 Å². The van der Waals surface area contributed by atoms with Crippen LogP contribution in [0.15, 0.2) is 18.3 Å². The van der Waals surface area contributed by atoms with E-state index in [0.717, 1.165) is 5.92 Å². The molecule has 1 aromatic heterocycles. The van der Waals surface area contributed by atoms with Crippen molar-refractivity contribution in [1.29, 1.82) is 0 Å². The van der Waals surface area contributed by atoms with Gasteiger partial charge in [-0.1, -0.05) is 26.8 Å². The number of pyridine rings is 1. The van der Waals surface area contributed by atoms with Crippen molar-refractivity contribution in [2.24, 2.45) is 11.3 Å². The van der Waals surface area contributed by atoms with E-state index in [2.05, 4.69) is 37.9 Å². The van der Waals surface area contributed by atoms with Crippen molar-refractivity contribution >= 4 is 0 Å². The van der Waals surface area contributed by atoms with Gasteiger partial charge >= 0.3 is 0 Å². The fraction of sp³-hybridized carbons (Fsp3) is 0.643. The Balaban J connectivity index is 2.06. The molecule has 82 valence electrons. The summed E-state index contributed by atoms with van der Waals surface area (Å²) >= 11 is 0. The maximum absolute atomic E-state index is 4.50. The van der Waals surface area contributed by atoms with Gasteiger partial charge in [0.25, 0.3) is 0 Å². The lowest BCUT2D eigenvalue weighted by molar-refractivity contribution is 0.272. The van der Waals surface area contributed by atoms with Gasteiger partial charge in [0.2, 0.25) is 0 Å². The Labute approximate surface area is 92.9 Å². The predicted octanol–water partition coefficient (Wildman–Crippen LogP) is 3.62. The molecule has 1 aromatic rings. The minimum atomic E-state index is 0.455. The maximum atomic E-state index is 4.50. The minimum Gasteiger partial charge on any atom is -0.261 e. The minimum absolute atomic E-state index is 0.455. The van der Waals surface area contributed by atoms with Crippen LogP contribution in [0, 0.1) is 11.3 Å². The summed E-state index contributed by atoms with van der Waals surface area (Å²) < 4.78 is 0. The third kappa shape index (κ3) is 2.80. The van der Waals surface area contributed by atoms with E-state index in [1.165, 1.54) is 36.9 Å². The molecule has 1 unspecified atom stereocenters. The van der Waals surface area contributed by atoms with Gasteiger partial charge in [-0.25, -0.2) is 0 Å². The summed E-state index contributed by atoms with van der Waals surface area (Å²) in [6.45, 7) is 7.00. The van der Waals surface area contributed by atoms with Crippen LogP contribution in [-0.4, -0.2) is 4.98 Å². The standard InChI is InChI=1S/C14H21N/c1-14(2,3)10-11-6-7-12-5-4-8-15-13(12)9-11/h4-5,8,11H,6-7,9-10H2,1-3H3. The van der Waals surface area contributed by atoms with Gasteiger partial charge in [-0.05, 0) is 48.6 Å². The summed E-state index contributed by atoms with van der Waals surface area (Å²) in [6.07, 6.45) is 7.01. The summed E-state index contributed by atoms with van der Waals surface area (Å²) in [4.78, 5) is 4.50. The van der Waals surface area contributed by atoms with Crippen molar-refractivity contribution in [3.63, 3.8) is 0 Å². The monoisotopic (exact) mass is 203 g/mol. The van der Waals surface area contributed by atoms with Crippen LogP contribution < -0.4 is 0 Å². The zero-order chi connectivity index (χ0) is 10.9. The first-order chi connectivity index (χ1) is 7.04. The van der Waals surface area contributed by atoms with Crippen LogP contribution in [0.5, 0.6) is 0 Å². The Bertz CT molecular complexity index is 335. The smallest absolute Gasteiger partial charge is 0.0438 e. The van der Waals surface area contributed by atoms with Crippen molar-refractivity contribution in [1.82, 2.24) is 4.98 Å². The second-order valence-corrected chi connectivity index (χ2v) is 5.98. The lowest BCUT2D eigenvalue weighted by Gasteiger charge is -2.29. The predicted molar refractivity (Wildman–Crippen MR) is 63.8 cm³/mol. The van der Waals surface area contributed by atoms with Crippen molar-refractivity contribution in [3.8, 4) is 0 Å². The molecule has 2 rings (SSSR count). The van der Waals surface area contributed by atoms with Crippen LogP contribution in [0.2, 0.25) is 0 Å². The fourth-order valence-corrected chi connectivity index (χ4v) is 2.66. The number of aromatic nitrogens is 1. The van der Waals surface area contributed by atoms with Gasteiger partial charge in [0.05, 0.1) is 0 Å². The highest BCUT2D eigenvalue weighted by Crippen LogP contribution is 2.32. The van der Waals surface area contributed by atoms with Gasteiger partial charge < -0.3 is 0 Å². The molecule has 0 amide bonds. The number of rotatable bonds is 1. The molecule has 1 heteroatoms. The second kappa shape index (κ2) is 3.96. The van der Waals surface area contributed by atoms with E-state index in [9.17, 15) is 0 Å². The summed E-state index contributed by atoms with van der Waals surface area (Å²) in [5.41, 5.74) is 3.28. The number of fused-ring (bicyclic) bond motifs is 1. The highest BCUT2D eigenvalue weighted by Gasteiger charge is 2.23. The van der Waals surface area contributed by atoms with E-state index in [-0.39, 0.29) is 0 Å². The molecule has 0 aromatic carbocycles. The summed E-state index contributed by atoms with van der Waals surface area (Å²) in [6, 6.07) is 4.29. The van der Waals surface area contributed by atoms with Gasteiger partial charge in [0.15, 0.2) is 0 Å². The number of aryl methyl sites for hydroxylation is 1. The Morgan fingerprint density at radius 2 is 2.20 bits per heavy atom. The molecule has 0 aliphatic heterocycles. The van der Waals surface area contributed by atoms with Crippen molar-refractivity contribution in [3.05, 3.63) is 29.6 Å². The molecule has 0 saturated carbocycles. The average molecular weight is 203 g/mol. The molecule has 0 saturated heterocycles. The zero-order valence-corrected chi connectivity index (χ0v) is 10.1. The molecule has 1 heterocycles. The Morgan fingerprint density at radius 1 is 1.40 bits per heavy atom. The third-order valence-electron chi connectivity index (χ3n) is 3.19. The third-order valence-corrected chi connectivity index (χ3v) is 3.19. The van der Waals surface area contributed by atoms with Crippen LogP contribution in [-0.2, 0) is 12.8 Å². The van der Waals surface area contributed by atoms with Crippen LogP contribution >= 0.6 is 0 Å². The van der Waals surface area contributed by atoms with E-state index in [1.807, 2.05) is 6.20 Å². The second-order valence-electron chi connectivity index (χ2n) is 5.98. The largest absolute Gasteiger partial charge is 0.261 e. The molecule has 0 bridgehead atoms. The van der Waals surface area contributed by atoms with Gasteiger partial charge in [-0.3, -0.25) is 4.98 Å². The molecule has 0 N–H and O–H groups in total. The lowest BCUT2D eigenvalue weighted by atomic mass is 9.77. The highest BCUT2D eigenvalue weighted by molar-refractivity contribution is 5.22. The average Bonchev–Trinajstić information content (AvgIpc) is 2.15. The zero-order valence-electron chi connectivity index (χ0n) is 10.1. The first-order valence-corrected chi connectivity index (χ1v) is 5.97. The summed E-state index contributed by atoms with van der Waals surface area (Å²) in [7, 11) is 0. The Morgan fingerprint density at radius 3 is 2.93 bits per heavy atom. The number of nitrogens with zero attached hydrogens (tertiary/aromatic N) is 1. The molecule has 1 aliphatic rings. The van der Waals surface area contributed by atoms with Gasteiger partial charge in [0, 0.05) is 11.9 Å². The molecule has 1 atom stereocenters. The van der Waals surface area contributed by atoms with Crippen LogP contribution in [0.1, 0.15) is 44.9 Å². The molecular weight excluding hydrogens is 182 g/mol. The SMILES string of the molecule is CC(C)(C)CC1CCc2cccnc2C1. The first-order valence-electron chi connectivity index (χ1n) is 5.97. The maximum Gasteiger partial charge on any atom is 0.0438 e. The van der Waals surface area contributed by atoms with Gasteiger partial charge in [-0.2, -0.15) is 0 Å². The van der Waals surface area contributed by atoms with Crippen LogP contribution in [0.4, 0.5) is 0 Å². The van der Waals surface area contributed by atoms with E-state index in [1.54, 1.807) is 0 Å². The summed E-state index contributed by atoms with van der Waals surface area (Å²) in [5, 5.41) is 0. The molecule has 1 aliphatic carbocycles. The number of hydrogen-bond donors (Lipinski definition) is 0. The summed E-state index contributed by atoms with van der Waals surface area (Å²) in [5.74, 6) is 0.840. The van der Waals surface area contributed by atoms with Crippen molar-refractivity contribution in [2.45, 2.75) is 46.5 Å². The molecule has 0 spiro atoms. The van der Waals surface area contributed by atoms with Crippen molar-refractivity contribution in [2.75, 3.05) is 0 Å². The molecule has 0 radical (unpaired) electrons.